The third-order valence-electron chi connectivity index (χ3n) is 2.17. The fourth-order valence-electron chi connectivity index (χ4n) is 1.31. The van der Waals surface area contributed by atoms with Gasteiger partial charge in [-0.25, -0.2) is 8.42 Å². The number of sulfonamides is 1. The molecule has 3 N–H and O–H groups in total. The van der Waals surface area contributed by atoms with Crippen molar-refractivity contribution in [3.63, 3.8) is 0 Å². The first-order valence-electron chi connectivity index (χ1n) is 5.72. The number of aromatic nitrogens is 2. The molecule has 11 heteroatoms. The normalized spacial score (nSPS) is 11.8. The molecule has 1 aromatic rings. The van der Waals surface area contributed by atoms with Gasteiger partial charge < -0.3 is 15.8 Å². The molecule has 0 saturated carbocycles. The average molecular weight is 323 g/mol. The van der Waals surface area contributed by atoms with Gasteiger partial charge in [0.2, 0.25) is 15.4 Å². The van der Waals surface area contributed by atoms with E-state index >= 15 is 0 Å². The van der Waals surface area contributed by atoms with Gasteiger partial charge in [0.1, 0.15) is 0 Å². The highest BCUT2D eigenvalue weighted by Crippen LogP contribution is 2.22. The maximum atomic E-state index is 12.3. The molecule has 9 nitrogen and oxygen atoms in total. The molecule has 0 atom stereocenters. The topological polar surface area (TPSA) is 128 Å². The molecule has 0 unspecified atom stereocenters. The fraction of sp³-hybridized carbons (Fsp3) is 0.667. The van der Waals surface area contributed by atoms with Crippen LogP contribution in [0.5, 0.6) is 0 Å². The average Bonchev–Trinajstić information content (AvgIpc) is 2.82. The lowest BCUT2D eigenvalue weighted by atomic mass is 10.6. The largest absolute Gasteiger partial charge is 0.383 e. The monoisotopic (exact) mass is 323 g/mol. The lowest BCUT2D eigenvalue weighted by Crippen LogP contribution is -2.37. The van der Waals surface area contributed by atoms with Crippen molar-refractivity contribution in [3.8, 4) is 0 Å². The second-order valence-corrected chi connectivity index (χ2v) is 6.83. The molecular weight excluding hydrogens is 306 g/mol. The number of ether oxygens (including phenoxy) is 1. The van der Waals surface area contributed by atoms with Gasteiger partial charge in [0.25, 0.3) is 10.0 Å². The molecule has 0 aliphatic carbocycles. The number of hydrogen-bond acceptors (Lipinski definition) is 8. The minimum Gasteiger partial charge on any atom is -0.383 e. The van der Waals surface area contributed by atoms with Crippen LogP contribution >= 0.6 is 11.3 Å². The summed E-state index contributed by atoms with van der Waals surface area (Å²) < 4.78 is 30.5. The first-order chi connectivity index (χ1) is 9.41. The van der Waals surface area contributed by atoms with Crippen LogP contribution in [0.1, 0.15) is 6.92 Å². The van der Waals surface area contributed by atoms with E-state index in [0.717, 1.165) is 11.3 Å². The Hall–Kier alpha value is -1.14. The van der Waals surface area contributed by atoms with E-state index in [4.69, 9.17) is 10.5 Å². The third kappa shape index (κ3) is 4.45. The first kappa shape index (κ1) is 16.9. The van der Waals surface area contributed by atoms with Crippen molar-refractivity contribution in [2.45, 2.75) is 11.3 Å². The zero-order valence-corrected chi connectivity index (χ0v) is 12.8. The summed E-state index contributed by atoms with van der Waals surface area (Å²) in [6.45, 7) is 2.05. The first-order valence-corrected chi connectivity index (χ1v) is 7.97. The zero-order valence-electron chi connectivity index (χ0n) is 11.2. The van der Waals surface area contributed by atoms with Crippen molar-refractivity contribution >= 4 is 32.4 Å². The molecule has 0 aliphatic heterocycles. The lowest BCUT2D eigenvalue weighted by Gasteiger charge is -2.18. The van der Waals surface area contributed by atoms with E-state index in [1.54, 1.807) is 0 Å². The van der Waals surface area contributed by atoms with Crippen molar-refractivity contribution in [1.29, 1.82) is 0 Å². The number of nitrogens with two attached hydrogens (primary N) is 1. The Morgan fingerprint density at radius 3 is 2.70 bits per heavy atom. The van der Waals surface area contributed by atoms with Crippen LogP contribution in [0.15, 0.2) is 4.34 Å². The number of methoxy groups -OCH3 is 1. The summed E-state index contributed by atoms with van der Waals surface area (Å²) >= 11 is 0.790. The molecule has 1 amide bonds. The van der Waals surface area contributed by atoms with Crippen LogP contribution in [0.25, 0.3) is 0 Å². The molecule has 0 bridgehead atoms. The van der Waals surface area contributed by atoms with Crippen molar-refractivity contribution in [2.75, 3.05) is 38.7 Å². The molecule has 0 radical (unpaired) electrons. The standard InChI is InChI=1S/C9H17N5O4S2/c1-7(15)11-8-12-13-9(19-8)20(16,17)14(4-3-10)5-6-18-2/h3-6,10H2,1-2H3,(H,11,12,15). The van der Waals surface area contributed by atoms with Gasteiger partial charge in [0, 0.05) is 33.7 Å². The van der Waals surface area contributed by atoms with Gasteiger partial charge in [-0.2, -0.15) is 4.31 Å². The number of carbonyl (C=O) groups is 1. The maximum Gasteiger partial charge on any atom is 0.272 e. The molecule has 0 fully saturated rings. The Labute approximate surface area is 121 Å². The summed E-state index contributed by atoms with van der Waals surface area (Å²) in [5.41, 5.74) is 5.41. The number of nitrogens with one attached hydrogen (secondary N) is 1. The van der Waals surface area contributed by atoms with Gasteiger partial charge in [-0.15, -0.1) is 10.2 Å². The van der Waals surface area contributed by atoms with Gasteiger partial charge in [-0.3, -0.25) is 4.79 Å². The molecule has 1 heterocycles. The van der Waals surface area contributed by atoms with Crippen molar-refractivity contribution in [1.82, 2.24) is 14.5 Å². The predicted molar refractivity (Wildman–Crippen MR) is 73.9 cm³/mol. The number of nitrogens with zero attached hydrogens (tertiary/aromatic N) is 3. The second-order valence-electron chi connectivity index (χ2n) is 3.74. The molecular formula is C9H17N5O4S2. The fourth-order valence-corrected chi connectivity index (χ4v) is 3.84. The van der Waals surface area contributed by atoms with Gasteiger partial charge in [-0.1, -0.05) is 11.3 Å². The molecule has 1 aromatic heterocycles. The Bertz CT molecular complexity index is 544. The van der Waals surface area contributed by atoms with E-state index in [2.05, 4.69) is 15.5 Å². The molecule has 20 heavy (non-hydrogen) atoms. The van der Waals surface area contributed by atoms with E-state index in [0.29, 0.717) is 0 Å². The molecule has 0 aromatic carbocycles. The van der Waals surface area contributed by atoms with Crippen LogP contribution in [0.3, 0.4) is 0 Å². The highest BCUT2D eigenvalue weighted by atomic mass is 32.2. The highest BCUT2D eigenvalue weighted by molar-refractivity contribution is 7.91. The molecule has 0 spiro atoms. The van der Waals surface area contributed by atoms with Crippen LogP contribution in [-0.2, 0) is 19.6 Å². The quantitative estimate of drug-likeness (QED) is 0.593. The van der Waals surface area contributed by atoms with E-state index in [9.17, 15) is 13.2 Å². The van der Waals surface area contributed by atoms with Crippen molar-refractivity contribution < 1.29 is 17.9 Å². The lowest BCUT2D eigenvalue weighted by molar-refractivity contribution is -0.114. The van der Waals surface area contributed by atoms with Crippen LogP contribution in [0.2, 0.25) is 0 Å². The van der Waals surface area contributed by atoms with Crippen LogP contribution in [0.4, 0.5) is 5.13 Å². The highest BCUT2D eigenvalue weighted by Gasteiger charge is 2.28. The van der Waals surface area contributed by atoms with Gasteiger partial charge in [-0.05, 0) is 0 Å². The van der Waals surface area contributed by atoms with Gasteiger partial charge in [0.15, 0.2) is 0 Å². The van der Waals surface area contributed by atoms with E-state index in [1.807, 2.05) is 0 Å². The summed E-state index contributed by atoms with van der Waals surface area (Å²) in [7, 11) is -2.30. The smallest absolute Gasteiger partial charge is 0.272 e. The molecule has 0 saturated heterocycles. The van der Waals surface area contributed by atoms with E-state index < -0.39 is 10.0 Å². The van der Waals surface area contributed by atoms with Crippen LogP contribution in [-0.4, -0.2) is 62.2 Å². The number of rotatable bonds is 8. The van der Waals surface area contributed by atoms with Crippen LogP contribution < -0.4 is 11.1 Å². The summed E-state index contributed by atoms with van der Waals surface area (Å²) in [6, 6.07) is 0. The molecule has 114 valence electrons. The third-order valence-corrected chi connectivity index (χ3v) is 5.26. The van der Waals surface area contributed by atoms with Crippen molar-refractivity contribution in [3.05, 3.63) is 0 Å². The number of hydrogen-bond donors (Lipinski definition) is 2. The van der Waals surface area contributed by atoms with E-state index in [1.165, 1.54) is 18.3 Å². The van der Waals surface area contributed by atoms with Crippen molar-refractivity contribution in [2.24, 2.45) is 5.73 Å². The summed E-state index contributed by atoms with van der Waals surface area (Å²) in [5, 5.41) is 9.73. The number of amides is 1. The maximum absolute atomic E-state index is 12.3. The summed E-state index contributed by atoms with van der Waals surface area (Å²) in [6.07, 6.45) is 0. The van der Waals surface area contributed by atoms with E-state index in [-0.39, 0.29) is 41.6 Å². The molecule has 1 rings (SSSR count). The number of anilines is 1. The van der Waals surface area contributed by atoms with Gasteiger partial charge >= 0.3 is 0 Å². The Morgan fingerprint density at radius 1 is 1.45 bits per heavy atom. The Kier molecular flexibility index (Phi) is 6.42. The summed E-state index contributed by atoms with van der Waals surface area (Å²) in [4.78, 5) is 10.9. The molecule has 0 aliphatic rings. The second kappa shape index (κ2) is 7.59. The Balaban J connectivity index is 2.94. The van der Waals surface area contributed by atoms with Crippen LogP contribution in [0, 0.1) is 0 Å². The minimum absolute atomic E-state index is 0.135. The summed E-state index contributed by atoms with van der Waals surface area (Å²) in [5.74, 6) is -0.344. The zero-order chi connectivity index (χ0) is 15.2. The van der Waals surface area contributed by atoms with Gasteiger partial charge in [0.05, 0.1) is 6.61 Å². The minimum atomic E-state index is -3.78. The Morgan fingerprint density at radius 2 is 2.15 bits per heavy atom. The SMILES string of the molecule is COCCN(CCN)S(=O)(=O)c1nnc(NC(C)=O)s1. The number of carbonyl (C=O) groups excluding carboxylic acids is 1. The predicted octanol–water partition coefficient (Wildman–Crippen LogP) is -0.908.